The van der Waals surface area contributed by atoms with E-state index in [1.165, 1.54) is 28.7 Å². The molecule has 0 bridgehead atoms. The van der Waals surface area contributed by atoms with Crippen LogP contribution in [0, 0.1) is 5.82 Å². The number of halogens is 1. The number of carbonyl (C=O) groups is 1. The number of aromatic nitrogens is 1. The minimum atomic E-state index is -3.75. The van der Waals surface area contributed by atoms with Crippen LogP contribution in [0.4, 0.5) is 4.39 Å². The molecule has 1 amide bonds. The molecule has 3 rings (SSSR count). The Morgan fingerprint density at radius 1 is 1.10 bits per heavy atom. The molecule has 1 heterocycles. The standard InChI is InChI=1S/C22H28FN3O4S/c1-3-26(4-2)31(29,30)19-11-12-21(28)25(15-19)16-20(27)24-22(13-5-6-14-22)17-7-9-18(23)10-8-17/h7-12,15H,3-6,13-14,16H2,1-2H3,(H,24,27). The molecule has 2 aromatic rings. The highest BCUT2D eigenvalue weighted by atomic mass is 32.2. The van der Waals surface area contributed by atoms with Crippen molar-refractivity contribution in [2.24, 2.45) is 0 Å². The van der Waals surface area contributed by atoms with Crippen molar-refractivity contribution in [3.05, 3.63) is 64.3 Å². The highest BCUT2D eigenvalue weighted by Gasteiger charge is 2.37. The zero-order valence-corrected chi connectivity index (χ0v) is 18.6. The number of amides is 1. The van der Waals surface area contributed by atoms with Crippen molar-refractivity contribution in [3.63, 3.8) is 0 Å². The van der Waals surface area contributed by atoms with Crippen LogP contribution in [0.25, 0.3) is 0 Å². The topological polar surface area (TPSA) is 88.5 Å². The molecule has 0 spiro atoms. The summed E-state index contributed by atoms with van der Waals surface area (Å²) in [7, 11) is -3.75. The lowest BCUT2D eigenvalue weighted by Crippen LogP contribution is -2.46. The molecule has 0 unspecified atom stereocenters. The molecule has 0 atom stereocenters. The SMILES string of the molecule is CCN(CC)S(=O)(=O)c1ccc(=O)n(CC(=O)NC2(c3ccc(F)cc3)CCCC2)c1. The summed E-state index contributed by atoms with van der Waals surface area (Å²) in [6.07, 6.45) is 4.50. The second kappa shape index (κ2) is 9.32. The quantitative estimate of drug-likeness (QED) is 0.671. The molecule has 1 aliphatic carbocycles. The number of hydrogen-bond acceptors (Lipinski definition) is 4. The van der Waals surface area contributed by atoms with Crippen LogP contribution in [0.15, 0.2) is 52.3 Å². The molecule has 168 valence electrons. The fourth-order valence-electron chi connectivity index (χ4n) is 4.19. The molecule has 1 fully saturated rings. The van der Waals surface area contributed by atoms with E-state index in [1.54, 1.807) is 26.0 Å². The van der Waals surface area contributed by atoms with Crippen LogP contribution in [0.3, 0.4) is 0 Å². The Labute approximate surface area is 181 Å². The number of rotatable bonds is 8. The third kappa shape index (κ3) is 4.88. The predicted octanol–water partition coefficient (Wildman–Crippen LogP) is 2.60. The second-order valence-electron chi connectivity index (χ2n) is 7.76. The van der Waals surface area contributed by atoms with Crippen molar-refractivity contribution < 1.29 is 17.6 Å². The van der Waals surface area contributed by atoms with E-state index in [4.69, 9.17) is 0 Å². The lowest BCUT2D eigenvalue weighted by Gasteiger charge is -2.31. The third-order valence-electron chi connectivity index (χ3n) is 5.85. The van der Waals surface area contributed by atoms with Gasteiger partial charge in [-0.2, -0.15) is 4.31 Å². The number of sulfonamides is 1. The van der Waals surface area contributed by atoms with Gasteiger partial charge in [0.25, 0.3) is 5.56 Å². The number of benzene rings is 1. The van der Waals surface area contributed by atoms with Gasteiger partial charge in [-0.25, -0.2) is 12.8 Å². The summed E-state index contributed by atoms with van der Waals surface area (Å²) in [5, 5.41) is 3.03. The van der Waals surface area contributed by atoms with Gasteiger partial charge >= 0.3 is 0 Å². The first-order valence-corrected chi connectivity index (χ1v) is 11.9. The van der Waals surface area contributed by atoms with Crippen molar-refractivity contribution in [2.75, 3.05) is 13.1 Å². The summed E-state index contributed by atoms with van der Waals surface area (Å²) >= 11 is 0. The van der Waals surface area contributed by atoms with Gasteiger partial charge in [0.1, 0.15) is 12.4 Å². The summed E-state index contributed by atoms with van der Waals surface area (Å²) in [6, 6.07) is 8.51. The van der Waals surface area contributed by atoms with E-state index >= 15 is 0 Å². The monoisotopic (exact) mass is 449 g/mol. The van der Waals surface area contributed by atoms with Crippen LogP contribution in [0.1, 0.15) is 45.1 Å². The first-order valence-electron chi connectivity index (χ1n) is 10.5. The fourth-order valence-corrected chi connectivity index (χ4v) is 5.67. The Morgan fingerprint density at radius 2 is 1.71 bits per heavy atom. The average molecular weight is 450 g/mol. The molecule has 9 heteroatoms. The number of hydrogen-bond donors (Lipinski definition) is 1. The molecular formula is C22H28FN3O4S. The van der Waals surface area contributed by atoms with Crippen LogP contribution < -0.4 is 10.9 Å². The van der Waals surface area contributed by atoms with Gasteiger partial charge in [0.05, 0.1) is 10.4 Å². The summed E-state index contributed by atoms with van der Waals surface area (Å²) in [5.41, 5.74) is -0.250. The van der Waals surface area contributed by atoms with Crippen LogP contribution in [0.2, 0.25) is 0 Å². The van der Waals surface area contributed by atoms with Gasteiger partial charge in [0.2, 0.25) is 15.9 Å². The van der Waals surface area contributed by atoms with Crippen molar-refractivity contribution in [1.82, 2.24) is 14.2 Å². The average Bonchev–Trinajstić information content (AvgIpc) is 3.20. The molecule has 0 aliphatic heterocycles. The van der Waals surface area contributed by atoms with Gasteiger partial charge in [-0.15, -0.1) is 0 Å². The van der Waals surface area contributed by atoms with Crippen LogP contribution in [-0.2, 0) is 26.9 Å². The Kier molecular flexibility index (Phi) is 6.96. The molecule has 1 aromatic carbocycles. The highest BCUT2D eigenvalue weighted by molar-refractivity contribution is 7.89. The van der Waals surface area contributed by atoms with Crippen LogP contribution in [-0.4, -0.2) is 36.3 Å². The van der Waals surface area contributed by atoms with Gasteiger partial charge in [-0.1, -0.05) is 38.8 Å². The lowest BCUT2D eigenvalue weighted by atomic mass is 9.88. The third-order valence-corrected chi connectivity index (χ3v) is 7.88. The minimum Gasteiger partial charge on any atom is -0.345 e. The zero-order chi connectivity index (χ0) is 22.6. The molecule has 0 saturated heterocycles. The molecule has 1 aliphatic rings. The lowest BCUT2D eigenvalue weighted by molar-refractivity contribution is -0.123. The molecular weight excluding hydrogens is 421 g/mol. The molecule has 1 N–H and O–H groups in total. The highest BCUT2D eigenvalue weighted by Crippen LogP contribution is 2.38. The maximum Gasteiger partial charge on any atom is 0.251 e. The summed E-state index contributed by atoms with van der Waals surface area (Å²) < 4.78 is 41.3. The summed E-state index contributed by atoms with van der Waals surface area (Å²) in [5.74, 6) is -0.744. The van der Waals surface area contributed by atoms with E-state index in [9.17, 15) is 22.4 Å². The van der Waals surface area contributed by atoms with E-state index in [0.717, 1.165) is 41.9 Å². The number of nitrogens with one attached hydrogen (secondary N) is 1. The minimum absolute atomic E-state index is 0.0299. The fraction of sp³-hybridized carbons (Fsp3) is 0.455. The largest absolute Gasteiger partial charge is 0.345 e. The summed E-state index contributed by atoms with van der Waals surface area (Å²) in [4.78, 5) is 25.1. The van der Waals surface area contributed by atoms with Gasteiger partial charge in [-0.3, -0.25) is 9.59 Å². The Balaban J connectivity index is 1.84. The normalized spacial score (nSPS) is 15.9. The van der Waals surface area contributed by atoms with E-state index in [0.29, 0.717) is 13.1 Å². The first kappa shape index (κ1) is 23.1. The molecule has 31 heavy (non-hydrogen) atoms. The zero-order valence-electron chi connectivity index (χ0n) is 17.8. The van der Waals surface area contributed by atoms with Gasteiger partial charge in [-0.05, 0) is 36.6 Å². The van der Waals surface area contributed by atoms with Gasteiger partial charge < -0.3 is 9.88 Å². The number of nitrogens with zero attached hydrogens (tertiary/aromatic N) is 2. The summed E-state index contributed by atoms with van der Waals surface area (Å²) in [6.45, 7) is 3.78. The van der Waals surface area contributed by atoms with E-state index in [-0.39, 0.29) is 17.3 Å². The van der Waals surface area contributed by atoms with E-state index < -0.39 is 27.0 Å². The van der Waals surface area contributed by atoms with Crippen molar-refractivity contribution in [2.45, 2.75) is 56.5 Å². The molecule has 1 aromatic heterocycles. The maximum absolute atomic E-state index is 13.4. The Hall–Kier alpha value is -2.52. The van der Waals surface area contributed by atoms with Crippen molar-refractivity contribution in [1.29, 1.82) is 0 Å². The molecule has 7 nitrogen and oxygen atoms in total. The molecule has 1 saturated carbocycles. The van der Waals surface area contributed by atoms with Gasteiger partial charge in [0.15, 0.2) is 0 Å². The predicted molar refractivity (Wildman–Crippen MR) is 115 cm³/mol. The maximum atomic E-state index is 13.4. The Bertz CT molecular complexity index is 1090. The smallest absolute Gasteiger partial charge is 0.251 e. The Morgan fingerprint density at radius 3 is 2.29 bits per heavy atom. The van der Waals surface area contributed by atoms with Crippen molar-refractivity contribution >= 4 is 15.9 Å². The van der Waals surface area contributed by atoms with Gasteiger partial charge in [0, 0.05) is 25.4 Å². The van der Waals surface area contributed by atoms with Crippen LogP contribution >= 0.6 is 0 Å². The van der Waals surface area contributed by atoms with Crippen molar-refractivity contribution in [3.8, 4) is 0 Å². The number of pyridine rings is 1. The number of carbonyl (C=O) groups excluding carboxylic acids is 1. The first-order chi connectivity index (χ1) is 14.7. The second-order valence-corrected chi connectivity index (χ2v) is 9.70. The van der Waals surface area contributed by atoms with E-state index in [2.05, 4.69) is 5.32 Å². The van der Waals surface area contributed by atoms with Crippen LogP contribution in [0.5, 0.6) is 0 Å². The van der Waals surface area contributed by atoms with E-state index in [1.807, 2.05) is 0 Å². The molecule has 0 radical (unpaired) electrons.